The number of aryl methyl sites for hydroxylation is 1. The van der Waals surface area contributed by atoms with Gasteiger partial charge in [0.15, 0.2) is 0 Å². The molecule has 0 fully saturated rings. The standard InChI is InChI=1S/C10H7ClN2.2C2H6/c1-3-13-6-9(11)8-5-12-4-7(2)10(8)13;2*1-2/h1,4-6H,2H3;2*1-2H3. The number of hydrogen-bond acceptors (Lipinski definition) is 1. The Balaban J connectivity index is 0.000000581. The Labute approximate surface area is 109 Å². The normalized spacial score (nSPS) is 8.53. The first-order valence-corrected chi connectivity index (χ1v) is 6.19. The van der Waals surface area contributed by atoms with Gasteiger partial charge in [-0.1, -0.05) is 45.7 Å². The van der Waals surface area contributed by atoms with Crippen LogP contribution in [-0.4, -0.2) is 9.55 Å². The first-order chi connectivity index (χ1) is 8.24. The van der Waals surface area contributed by atoms with Crippen molar-refractivity contribution in [3.63, 3.8) is 0 Å². The van der Waals surface area contributed by atoms with E-state index in [1.54, 1.807) is 23.2 Å². The lowest BCUT2D eigenvalue weighted by Gasteiger charge is -1.97. The van der Waals surface area contributed by atoms with E-state index in [9.17, 15) is 0 Å². The molecule has 0 bridgehead atoms. The number of nitrogens with zero attached hydrogens (tertiary/aromatic N) is 2. The van der Waals surface area contributed by atoms with E-state index in [0.717, 1.165) is 16.5 Å². The molecule has 0 saturated carbocycles. The van der Waals surface area contributed by atoms with Gasteiger partial charge in [0.25, 0.3) is 0 Å². The largest absolute Gasteiger partial charge is 0.275 e. The fourth-order valence-corrected chi connectivity index (χ4v) is 1.64. The summed E-state index contributed by atoms with van der Waals surface area (Å²) in [5, 5.41) is 1.55. The molecule has 3 heteroatoms. The number of rotatable bonds is 0. The first-order valence-electron chi connectivity index (χ1n) is 5.82. The van der Waals surface area contributed by atoms with Crippen molar-refractivity contribution >= 4 is 22.5 Å². The molecule has 0 aliphatic heterocycles. The molecule has 2 aromatic heterocycles. The van der Waals surface area contributed by atoms with E-state index in [2.05, 4.69) is 11.0 Å². The van der Waals surface area contributed by atoms with Gasteiger partial charge in [0.1, 0.15) is 0 Å². The van der Waals surface area contributed by atoms with Crippen LogP contribution in [0, 0.1) is 19.4 Å². The second kappa shape index (κ2) is 7.76. The lowest BCUT2D eigenvalue weighted by molar-refractivity contribution is 1.18. The van der Waals surface area contributed by atoms with Crippen molar-refractivity contribution < 1.29 is 0 Å². The van der Waals surface area contributed by atoms with E-state index >= 15 is 0 Å². The summed E-state index contributed by atoms with van der Waals surface area (Å²) in [6.45, 7) is 9.96. The van der Waals surface area contributed by atoms with Crippen molar-refractivity contribution in [2.24, 2.45) is 0 Å². The highest BCUT2D eigenvalue weighted by molar-refractivity contribution is 6.35. The smallest absolute Gasteiger partial charge is 0.0689 e. The van der Waals surface area contributed by atoms with Gasteiger partial charge < -0.3 is 0 Å². The Morgan fingerprint density at radius 1 is 1.24 bits per heavy atom. The SMILES string of the molecule is C#Cn1cc(Cl)c2cncc(C)c21.CC.CC. The van der Waals surface area contributed by atoms with Crippen molar-refractivity contribution in [1.29, 1.82) is 0 Å². The van der Waals surface area contributed by atoms with Crippen molar-refractivity contribution in [2.75, 3.05) is 0 Å². The maximum Gasteiger partial charge on any atom is 0.0689 e. The van der Waals surface area contributed by atoms with Gasteiger partial charge in [-0.2, -0.15) is 0 Å². The molecule has 2 nitrogen and oxygen atoms in total. The average molecular weight is 251 g/mol. The number of aromatic nitrogens is 2. The lowest BCUT2D eigenvalue weighted by Crippen LogP contribution is -1.87. The van der Waals surface area contributed by atoms with Crippen LogP contribution >= 0.6 is 11.6 Å². The zero-order valence-corrected chi connectivity index (χ0v) is 11.8. The van der Waals surface area contributed by atoms with Gasteiger partial charge in [-0.15, -0.1) is 0 Å². The quantitative estimate of drug-likeness (QED) is 0.630. The zero-order chi connectivity index (χ0) is 13.4. The molecular formula is C14H19ClN2. The third-order valence-corrected chi connectivity index (χ3v) is 2.28. The molecule has 17 heavy (non-hydrogen) atoms. The molecule has 0 amide bonds. The Morgan fingerprint density at radius 2 is 1.82 bits per heavy atom. The second-order valence-electron chi connectivity index (χ2n) is 2.83. The van der Waals surface area contributed by atoms with Crippen LogP contribution in [0.3, 0.4) is 0 Å². The molecule has 0 radical (unpaired) electrons. The van der Waals surface area contributed by atoms with Crippen LogP contribution in [0.2, 0.25) is 5.02 Å². The van der Waals surface area contributed by atoms with E-state index in [4.69, 9.17) is 18.0 Å². The van der Waals surface area contributed by atoms with Crippen molar-refractivity contribution in [3.8, 4) is 12.5 Å². The van der Waals surface area contributed by atoms with Gasteiger partial charge >= 0.3 is 0 Å². The maximum absolute atomic E-state index is 5.97. The summed E-state index contributed by atoms with van der Waals surface area (Å²) in [4.78, 5) is 4.05. The molecule has 0 unspecified atom stereocenters. The number of hydrogen-bond donors (Lipinski definition) is 0. The minimum atomic E-state index is 0.643. The fourth-order valence-electron chi connectivity index (χ4n) is 1.40. The monoisotopic (exact) mass is 250 g/mol. The van der Waals surface area contributed by atoms with Crippen molar-refractivity contribution in [2.45, 2.75) is 34.6 Å². The summed E-state index contributed by atoms with van der Waals surface area (Å²) in [6, 6.07) is 2.54. The first kappa shape index (κ1) is 15.5. The lowest BCUT2D eigenvalue weighted by atomic mass is 10.2. The molecule has 2 rings (SSSR count). The maximum atomic E-state index is 5.97. The molecule has 0 saturated heterocycles. The van der Waals surface area contributed by atoms with Crippen molar-refractivity contribution in [1.82, 2.24) is 9.55 Å². The Morgan fingerprint density at radius 3 is 2.35 bits per heavy atom. The van der Waals surface area contributed by atoms with Crippen LogP contribution < -0.4 is 0 Å². The van der Waals surface area contributed by atoms with E-state index < -0.39 is 0 Å². The van der Waals surface area contributed by atoms with E-state index in [1.165, 1.54) is 0 Å². The van der Waals surface area contributed by atoms with E-state index in [-0.39, 0.29) is 0 Å². The van der Waals surface area contributed by atoms with Crippen LogP contribution in [0.1, 0.15) is 33.3 Å². The van der Waals surface area contributed by atoms with Gasteiger partial charge in [-0.3, -0.25) is 9.55 Å². The third-order valence-electron chi connectivity index (χ3n) is 1.98. The van der Waals surface area contributed by atoms with Crippen LogP contribution in [0.5, 0.6) is 0 Å². The predicted octanol–water partition coefficient (Wildman–Crippen LogP) is 4.49. The van der Waals surface area contributed by atoms with Crippen molar-refractivity contribution in [3.05, 3.63) is 29.2 Å². The van der Waals surface area contributed by atoms with Crippen LogP contribution in [0.4, 0.5) is 0 Å². The number of fused-ring (bicyclic) bond motifs is 1. The summed E-state index contributed by atoms with van der Waals surface area (Å²) in [7, 11) is 0. The summed E-state index contributed by atoms with van der Waals surface area (Å²) in [5.41, 5.74) is 1.99. The Bertz CT molecular complexity index is 507. The average Bonchev–Trinajstić information content (AvgIpc) is 2.73. The summed E-state index contributed by atoms with van der Waals surface area (Å²) < 4.78 is 1.68. The highest BCUT2D eigenvalue weighted by Crippen LogP contribution is 2.26. The zero-order valence-electron chi connectivity index (χ0n) is 11.1. The van der Waals surface area contributed by atoms with Gasteiger partial charge in [0.05, 0.1) is 10.5 Å². The second-order valence-corrected chi connectivity index (χ2v) is 3.24. The number of terminal acetylenes is 1. The highest BCUT2D eigenvalue weighted by Gasteiger charge is 2.07. The third kappa shape index (κ3) is 3.25. The molecular weight excluding hydrogens is 232 g/mol. The van der Waals surface area contributed by atoms with Crippen LogP contribution in [0.15, 0.2) is 18.6 Å². The summed E-state index contributed by atoms with van der Waals surface area (Å²) in [5.74, 6) is 0. The molecule has 0 aromatic carbocycles. The van der Waals surface area contributed by atoms with E-state index in [0.29, 0.717) is 5.02 Å². The highest BCUT2D eigenvalue weighted by atomic mass is 35.5. The molecule has 0 aliphatic carbocycles. The van der Waals surface area contributed by atoms with E-state index in [1.807, 2.05) is 34.6 Å². The summed E-state index contributed by atoms with van der Waals surface area (Å²) in [6.07, 6.45) is 10.5. The molecule has 92 valence electrons. The summed E-state index contributed by atoms with van der Waals surface area (Å²) >= 11 is 5.97. The minimum Gasteiger partial charge on any atom is -0.275 e. The van der Waals surface area contributed by atoms with Gasteiger partial charge in [-0.25, -0.2) is 0 Å². The number of halogens is 1. The predicted molar refractivity (Wildman–Crippen MR) is 76.4 cm³/mol. The molecule has 2 heterocycles. The molecule has 0 aliphatic rings. The van der Waals surface area contributed by atoms with Crippen LogP contribution in [-0.2, 0) is 0 Å². The molecule has 0 atom stereocenters. The van der Waals surface area contributed by atoms with Gasteiger partial charge in [0.2, 0.25) is 0 Å². The molecule has 2 aromatic rings. The van der Waals surface area contributed by atoms with Crippen LogP contribution in [0.25, 0.3) is 10.9 Å². The Hall–Kier alpha value is -1.46. The minimum absolute atomic E-state index is 0.643. The van der Waals surface area contributed by atoms with Gasteiger partial charge in [0, 0.05) is 30.0 Å². The molecule has 0 spiro atoms. The number of pyridine rings is 1. The molecule has 0 N–H and O–H groups in total. The van der Waals surface area contributed by atoms with Gasteiger partial charge in [-0.05, 0) is 12.5 Å². The topological polar surface area (TPSA) is 17.8 Å². The Kier molecular flexibility index (Phi) is 7.09. The fraction of sp³-hybridized carbons (Fsp3) is 0.357.